The number of rotatable bonds is 10. The van der Waals surface area contributed by atoms with E-state index < -0.39 is 0 Å². The average molecular weight is 1740 g/mol. The molecule has 0 saturated carbocycles. The van der Waals surface area contributed by atoms with Gasteiger partial charge in [0.05, 0.1) is 11.1 Å². The van der Waals surface area contributed by atoms with Gasteiger partial charge in [0.1, 0.15) is 22.3 Å². The summed E-state index contributed by atoms with van der Waals surface area (Å²) in [6.45, 7) is 0. The normalized spacial score (nSPS) is 11.7. The zero-order valence-corrected chi connectivity index (χ0v) is 73.2. The van der Waals surface area contributed by atoms with Crippen LogP contribution in [0.4, 0.5) is 0 Å². The maximum Gasteiger partial charge on any atom is 0.167 e. The topological polar surface area (TPSA) is 142 Å². The molecule has 0 radical (unpaired) electrons. The first-order valence-corrected chi connectivity index (χ1v) is 46.0. The lowest BCUT2D eigenvalue weighted by atomic mass is 9.93. The lowest BCUT2D eigenvalue weighted by Crippen LogP contribution is -2.00. The average Bonchev–Trinajstić information content (AvgIpc) is 1.62. The van der Waals surface area contributed by atoms with Gasteiger partial charge in [0, 0.05) is 80.7 Å². The highest BCUT2D eigenvalue weighted by molar-refractivity contribution is 7.26. The lowest BCUT2D eigenvalue weighted by molar-refractivity contribution is 0.669. The number of thiophene rings is 1. The van der Waals surface area contributed by atoms with Crippen LogP contribution in [-0.4, -0.2) is 44.9 Å². The Morgan fingerprint density at radius 3 is 0.733 bits per heavy atom. The molecule has 28 rings (SSSR count). The van der Waals surface area contributed by atoms with Gasteiger partial charge in [0.25, 0.3) is 0 Å². The van der Waals surface area contributed by atoms with Crippen LogP contribution in [0.2, 0.25) is 0 Å². The van der Waals surface area contributed by atoms with E-state index in [2.05, 4.69) is 328 Å². The highest BCUT2D eigenvalue weighted by Gasteiger charge is 2.25. The molecule has 28 aromatic rings. The monoisotopic (exact) mass is 1740 g/mol. The van der Waals surface area contributed by atoms with E-state index in [9.17, 15) is 0 Å². The third-order valence-electron chi connectivity index (χ3n) is 26.2. The van der Waals surface area contributed by atoms with Crippen LogP contribution in [0.15, 0.2) is 452 Å². The van der Waals surface area contributed by atoms with Gasteiger partial charge in [-0.15, -0.1) is 11.3 Å². The van der Waals surface area contributed by atoms with Gasteiger partial charge >= 0.3 is 0 Å². The van der Waals surface area contributed by atoms with Crippen molar-refractivity contribution in [2.24, 2.45) is 0 Å². The quantitative estimate of drug-likeness (QED) is 0.121. The summed E-state index contributed by atoms with van der Waals surface area (Å²) in [5.74, 6) is 5.63. The van der Waals surface area contributed by atoms with E-state index in [1.165, 1.54) is 123 Å². The predicted molar refractivity (Wildman–Crippen MR) is 559 cm³/mol. The summed E-state index contributed by atoms with van der Waals surface area (Å²) < 4.78 is 15.3. The minimum Gasteiger partial charge on any atom is -0.455 e. The van der Waals surface area contributed by atoms with Crippen molar-refractivity contribution in [3.63, 3.8) is 0 Å². The van der Waals surface area contributed by atoms with Crippen LogP contribution in [0.1, 0.15) is 0 Å². The minimum absolute atomic E-state index is 0.570. The standard InChI is InChI=1S/C45H27N3O.C39H23N3O.C39H23N3S/c1-2-11-28(12-3-1)29-21-23-30(24-22-29)43-46-44(48-45(47-43)39-19-10-18-38-37-17-8-9-20-41(37)49-42(38)39)31-25-26-36-34-15-5-4-13-32(34)33-14-6-7-16-35(33)40(36)27-31;2*1-2-11-24(12-3-1)37-40-38(42-39(41-37)33-19-10-18-32-31-17-8-9-20-35(31)43-36(32)33)25-21-22-30-28-15-5-4-13-26(28)27-14-6-7-16-29(27)34(30)23-25/h1-27H;2*1-23H. The first-order valence-electron chi connectivity index (χ1n) is 45.2. The van der Waals surface area contributed by atoms with Gasteiger partial charge in [-0.25, -0.2) is 44.9 Å². The molecule has 12 heteroatoms. The fourth-order valence-corrected chi connectivity index (χ4v) is 21.0. The fraction of sp³-hybridized carbons (Fsp3) is 0. The van der Waals surface area contributed by atoms with Crippen molar-refractivity contribution >= 4 is 172 Å². The number of benzene rings is 22. The first-order chi connectivity index (χ1) is 66.9. The summed E-state index contributed by atoms with van der Waals surface area (Å²) >= 11 is 1.79. The number of hydrogen-bond donors (Lipinski definition) is 0. The van der Waals surface area contributed by atoms with Gasteiger partial charge in [-0.3, -0.25) is 0 Å². The molecule has 0 fully saturated rings. The molecule has 11 nitrogen and oxygen atoms in total. The molecule has 0 spiro atoms. The maximum atomic E-state index is 6.44. The Balaban J connectivity index is 0.000000106. The number of fused-ring (bicyclic) bond motifs is 27. The lowest BCUT2D eigenvalue weighted by Gasteiger charge is -2.13. The van der Waals surface area contributed by atoms with Gasteiger partial charge in [-0.2, -0.15) is 0 Å². The molecule has 135 heavy (non-hydrogen) atoms. The molecular formula is C123H73N9O2S. The Morgan fingerprint density at radius 1 is 0.141 bits per heavy atom. The molecule has 628 valence electrons. The zero-order valence-electron chi connectivity index (χ0n) is 72.4. The Bertz CT molecular complexity index is 9200. The van der Waals surface area contributed by atoms with E-state index in [4.69, 9.17) is 53.7 Å². The fourth-order valence-electron chi connectivity index (χ4n) is 19.8. The molecule has 0 aliphatic rings. The second-order valence-electron chi connectivity index (χ2n) is 34.0. The number of hydrogen-bond acceptors (Lipinski definition) is 12. The molecule has 0 atom stereocenters. The smallest absolute Gasteiger partial charge is 0.167 e. The molecule has 0 saturated heterocycles. The maximum absolute atomic E-state index is 6.44. The van der Waals surface area contributed by atoms with Crippen LogP contribution >= 0.6 is 11.3 Å². The van der Waals surface area contributed by atoms with Gasteiger partial charge in [-0.05, 0) is 163 Å². The van der Waals surface area contributed by atoms with Crippen LogP contribution < -0.4 is 0 Å². The van der Waals surface area contributed by atoms with Crippen molar-refractivity contribution in [1.82, 2.24) is 44.9 Å². The van der Waals surface area contributed by atoms with Gasteiger partial charge in [-0.1, -0.05) is 388 Å². The molecular weight excluding hydrogens is 1670 g/mol. The van der Waals surface area contributed by atoms with E-state index >= 15 is 0 Å². The van der Waals surface area contributed by atoms with E-state index in [0.717, 1.165) is 99.5 Å². The molecule has 0 unspecified atom stereocenters. The molecule has 0 aliphatic carbocycles. The Morgan fingerprint density at radius 2 is 0.370 bits per heavy atom. The molecule has 6 aromatic heterocycles. The van der Waals surface area contributed by atoms with Gasteiger partial charge in [0.2, 0.25) is 0 Å². The highest BCUT2D eigenvalue weighted by Crippen LogP contribution is 2.46. The molecule has 0 bridgehead atoms. The van der Waals surface area contributed by atoms with Gasteiger partial charge < -0.3 is 8.83 Å². The molecule has 22 aromatic carbocycles. The van der Waals surface area contributed by atoms with Crippen LogP contribution in [0.5, 0.6) is 0 Å². The Kier molecular flexibility index (Phi) is 18.9. The van der Waals surface area contributed by atoms with E-state index in [0.29, 0.717) is 52.4 Å². The number of aromatic nitrogens is 9. The molecule has 6 heterocycles. The third-order valence-corrected chi connectivity index (χ3v) is 27.4. The number of para-hydroxylation sites is 4. The first kappa shape index (κ1) is 78.1. The Labute approximate surface area is 777 Å². The molecule has 0 aliphatic heterocycles. The largest absolute Gasteiger partial charge is 0.455 e. The van der Waals surface area contributed by atoms with Crippen molar-refractivity contribution in [2.75, 3.05) is 0 Å². The van der Waals surface area contributed by atoms with Crippen LogP contribution in [-0.2, 0) is 0 Å². The summed E-state index contributed by atoms with van der Waals surface area (Å²) in [5.41, 5.74) is 13.9. The second kappa shape index (κ2) is 32.6. The number of furan rings is 2. The summed E-state index contributed by atoms with van der Waals surface area (Å²) in [7, 11) is 0. The SMILES string of the molecule is c1ccc(-c2ccc(-c3nc(-c4ccc5c6ccccc6c6ccccc6c5c4)nc(-c4cccc5c4oc4ccccc45)n3)cc2)cc1.c1ccc(-c2nc(-c3ccc4c5ccccc5c5ccccc5c4c3)nc(-c3cccc4c3oc3ccccc34)n2)cc1.c1ccc(-c2nc(-c3ccc4c5ccccc5c5ccccc5c4c3)nc(-c3cccc4c3sc3ccccc34)n2)cc1. The van der Waals surface area contributed by atoms with Crippen molar-refractivity contribution < 1.29 is 8.83 Å². The minimum atomic E-state index is 0.570. The number of nitrogens with zero attached hydrogens (tertiary/aromatic N) is 9. The van der Waals surface area contributed by atoms with E-state index in [-0.39, 0.29) is 0 Å². The summed E-state index contributed by atoms with van der Waals surface area (Å²) in [4.78, 5) is 45.7. The van der Waals surface area contributed by atoms with Crippen LogP contribution in [0.25, 0.3) is 275 Å². The second-order valence-corrected chi connectivity index (χ2v) is 35.0. The van der Waals surface area contributed by atoms with Crippen LogP contribution in [0.3, 0.4) is 0 Å². The highest BCUT2D eigenvalue weighted by atomic mass is 32.1. The van der Waals surface area contributed by atoms with Crippen molar-refractivity contribution in [2.45, 2.75) is 0 Å². The van der Waals surface area contributed by atoms with Crippen molar-refractivity contribution in [3.8, 4) is 114 Å². The predicted octanol–water partition coefficient (Wildman–Crippen LogP) is 32.8. The van der Waals surface area contributed by atoms with Crippen LogP contribution in [0, 0.1) is 0 Å². The van der Waals surface area contributed by atoms with E-state index in [1.54, 1.807) is 11.3 Å². The Hall–Kier alpha value is -18.0. The van der Waals surface area contributed by atoms with Crippen molar-refractivity contribution in [3.05, 3.63) is 443 Å². The van der Waals surface area contributed by atoms with Crippen molar-refractivity contribution in [1.29, 1.82) is 0 Å². The zero-order chi connectivity index (χ0) is 89.0. The summed E-state index contributed by atoms with van der Waals surface area (Å²) in [5, 5.41) is 28.7. The molecule has 0 amide bonds. The summed E-state index contributed by atoms with van der Waals surface area (Å²) in [6, 6.07) is 154. The molecule has 0 N–H and O–H groups in total. The summed E-state index contributed by atoms with van der Waals surface area (Å²) in [6.07, 6.45) is 0. The third kappa shape index (κ3) is 13.7. The van der Waals surface area contributed by atoms with Gasteiger partial charge in [0.15, 0.2) is 52.4 Å². The van der Waals surface area contributed by atoms with E-state index in [1.807, 2.05) is 115 Å².